The van der Waals surface area contributed by atoms with E-state index in [1.807, 2.05) is 0 Å². The highest BCUT2D eigenvalue weighted by Gasteiger charge is 2.41. The zero-order valence-corrected chi connectivity index (χ0v) is 11.5. The highest BCUT2D eigenvalue weighted by Crippen LogP contribution is 2.43. The Labute approximate surface area is 111 Å². The maximum absolute atomic E-state index is 6.31. The van der Waals surface area contributed by atoms with E-state index < -0.39 is 0 Å². The second kappa shape index (κ2) is 5.89. The van der Waals surface area contributed by atoms with Gasteiger partial charge in [0.2, 0.25) is 0 Å². The minimum atomic E-state index is 0.292. The van der Waals surface area contributed by atoms with Crippen LogP contribution in [0.4, 0.5) is 0 Å². The largest absolute Gasteiger partial charge is 0.381 e. The Hall–Kier alpha value is -0.120. The van der Waals surface area contributed by atoms with Gasteiger partial charge in [0.05, 0.1) is 18.3 Å². The van der Waals surface area contributed by atoms with Gasteiger partial charge in [-0.3, -0.25) is 0 Å². The molecule has 0 aromatic carbocycles. The number of rotatable bonds is 4. The van der Waals surface area contributed by atoms with E-state index >= 15 is 0 Å². The summed E-state index contributed by atoms with van der Waals surface area (Å²) in [5.41, 5.74) is 0.292. The molecule has 2 unspecified atom stereocenters. The normalized spacial score (nSPS) is 35.3. The van der Waals surface area contributed by atoms with Crippen LogP contribution in [0, 0.1) is 5.92 Å². The van der Waals surface area contributed by atoms with Crippen molar-refractivity contribution < 1.29 is 9.47 Å². The van der Waals surface area contributed by atoms with Crippen LogP contribution in [-0.2, 0) is 9.47 Å². The number of nitrogens with one attached hydrogen (secondary N) is 1. The van der Waals surface area contributed by atoms with E-state index in [-0.39, 0.29) is 0 Å². The zero-order chi connectivity index (χ0) is 12.3. The van der Waals surface area contributed by atoms with Gasteiger partial charge in [-0.2, -0.15) is 0 Å². The number of ether oxygens (including phenoxy) is 2. The van der Waals surface area contributed by atoms with E-state index in [0.717, 1.165) is 32.2 Å². The van der Waals surface area contributed by atoms with E-state index in [9.17, 15) is 0 Å². The smallest absolute Gasteiger partial charge is 0.0708 e. The minimum absolute atomic E-state index is 0.292. The van der Waals surface area contributed by atoms with Gasteiger partial charge in [-0.15, -0.1) is 0 Å². The molecule has 2 atom stereocenters. The fraction of sp³-hybridized carbons (Fsp3) is 1.00. The molecule has 104 valence electrons. The van der Waals surface area contributed by atoms with Gasteiger partial charge in [0.1, 0.15) is 0 Å². The van der Waals surface area contributed by atoms with Crippen molar-refractivity contribution in [3.63, 3.8) is 0 Å². The fourth-order valence-corrected chi connectivity index (χ4v) is 3.84. The Balaban J connectivity index is 1.34. The van der Waals surface area contributed by atoms with Gasteiger partial charge in [0.25, 0.3) is 0 Å². The monoisotopic (exact) mass is 253 g/mol. The van der Waals surface area contributed by atoms with Crippen molar-refractivity contribution >= 4 is 0 Å². The summed E-state index contributed by atoms with van der Waals surface area (Å²) >= 11 is 0. The van der Waals surface area contributed by atoms with E-state index in [1.54, 1.807) is 0 Å². The van der Waals surface area contributed by atoms with Crippen LogP contribution in [-0.4, -0.2) is 38.0 Å². The van der Waals surface area contributed by atoms with Crippen molar-refractivity contribution in [3.8, 4) is 0 Å². The predicted molar refractivity (Wildman–Crippen MR) is 71.7 cm³/mol. The summed E-state index contributed by atoms with van der Waals surface area (Å²) in [4.78, 5) is 0. The van der Waals surface area contributed by atoms with Gasteiger partial charge in [-0.05, 0) is 44.4 Å². The van der Waals surface area contributed by atoms with Crippen molar-refractivity contribution in [1.82, 2.24) is 5.32 Å². The van der Waals surface area contributed by atoms with Gasteiger partial charge in [-0.25, -0.2) is 0 Å². The number of hydrogen-bond donors (Lipinski definition) is 1. The molecule has 3 aliphatic rings. The van der Waals surface area contributed by atoms with Crippen molar-refractivity contribution in [2.24, 2.45) is 5.92 Å². The zero-order valence-electron chi connectivity index (χ0n) is 11.5. The van der Waals surface area contributed by atoms with Crippen molar-refractivity contribution in [3.05, 3.63) is 0 Å². The maximum atomic E-state index is 6.31. The fourth-order valence-electron chi connectivity index (χ4n) is 3.84. The SMILES string of the molecule is C1COCC(CNCC2CCC3(CCCC3)O2)C1. The maximum Gasteiger partial charge on any atom is 0.0708 e. The molecule has 1 saturated carbocycles. The third-order valence-electron chi connectivity index (χ3n) is 4.91. The molecule has 18 heavy (non-hydrogen) atoms. The van der Waals surface area contributed by atoms with E-state index in [1.165, 1.54) is 51.4 Å². The highest BCUT2D eigenvalue weighted by molar-refractivity contribution is 4.93. The molecule has 1 aliphatic carbocycles. The Morgan fingerprint density at radius 1 is 1.00 bits per heavy atom. The molecule has 2 heterocycles. The van der Waals surface area contributed by atoms with E-state index in [2.05, 4.69) is 5.32 Å². The lowest BCUT2D eigenvalue weighted by Crippen LogP contribution is -2.35. The van der Waals surface area contributed by atoms with Crippen LogP contribution in [0.5, 0.6) is 0 Å². The quantitative estimate of drug-likeness (QED) is 0.835. The molecule has 2 saturated heterocycles. The van der Waals surface area contributed by atoms with Gasteiger partial charge >= 0.3 is 0 Å². The Morgan fingerprint density at radius 3 is 2.67 bits per heavy atom. The molecule has 2 aliphatic heterocycles. The summed E-state index contributed by atoms with van der Waals surface area (Å²) in [5.74, 6) is 0.723. The first-order valence-electron chi connectivity index (χ1n) is 7.83. The number of hydrogen-bond acceptors (Lipinski definition) is 3. The third kappa shape index (κ3) is 3.06. The third-order valence-corrected chi connectivity index (χ3v) is 4.91. The lowest BCUT2D eigenvalue weighted by molar-refractivity contribution is -0.0359. The average Bonchev–Trinajstić information content (AvgIpc) is 3.02. The summed E-state index contributed by atoms with van der Waals surface area (Å²) in [6.45, 7) is 4.05. The van der Waals surface area contributed by atoms with Crippen LogP contribution >= 0.6 is 0 Å². The van der Waals surface area contributed by atoms with Gasteiger partial charge in [-0.1, -0.05) is 12.8 Å². The summed E-state index contributed by atoms with van der Waals surface area (Å²) < 4.78 is 11.8. The first-order valence-corrected chi connectivity index (χ1v) is 7.83. The van der Waals surface area contributed by atoms with E-state index in [0.29, 0.717) is 11.7 Å². The summed E-state index contributed by atoms with van der Waals surface area (Å²) in [5, 5.41) is 3.60. The molecule has 3 heteroatoms. The molecular formula is C15H27NO2. The van der Waals surface area contributed by atoms with Crippen molar-refractivity contribution in [2.45, 2.75) is 63.1 Å². The topological polar surface area (TPSA) is 30.5 Å². The van der Waals surface area contributed by atoms with Gasteiger partial charge < -0.3 is 14.8 Å². The van der Waals surface area contributed by atoms with Crippen LogP contribution in [0.25, 0.3) is 0 Å². The summed E-state index contributed by atoms with van der Waals surface area (Å²) in [6.07, 6.45) is 10.9. The second-order valence-corrected chi connectivity index (χ2v) is 6.41. The van der Waals surface area contributed by atoms with Crippen LogP contribution < -0.4 is 5.32 Å². The summed E-state index contributed by atoms with van der Waals surface area (Å²) in [7, 11) is 0. The molecule has 3 fully saturated rings. The van der Waals surface area contributed by atoms with Gasteiger partial charge in [0.15, 0.2) is 0 Å². The Morgan fingerprint density at radius 2 is 1.89 bits per heavy atom. The van der Waals surface area contributed by atoms with Crippen LogP contribution in [0.2, 0.25) is 0 Å². The molecule has 0 amide bonds. The van der Waals surface area contributed by atoms with Crippen LogP contribution in [0.1, 0.15) is 51.4 Å². The van der Waals surface area contributed by atoms with Crippen LogP contribution in [0.3, 0.4) is 0 Å². The lowest BCUT2D eigenvalue weighted by Gasteiger charge is -2.25. The molecular weight excluding hydrogens is 226 g/mol. The lowest BCUT2D eigenvalue weighted by atomic mass is 9.98. The molecule has 0 aromatic heterocycles. The van der Waals surface area contributed by atoms with Crippen molar-refractivity contribution in [2.75, 3.05) is 26.3 Å². The minimum Gasteiger partial charge on any atom is -0.381 e. The van der Waals surface area contributed by atoms with E-state index in [4.69, 9.17) is 9.47 Å². The average molecular weight is 253 g/mol. The Kier molecular flexibility index (Phi) is 4.22. The first-order chi connectivity index (χ1) is 8.86. The van der Waals surface area contributed by atoms with Crippen LogP contribution in [0.15, 0.2) is 0 Å². The predicted octanol–water partition coefficient (Wildman–Crippen LogP) is 2.49. The highest BCUT2D eigenvalue weighted by atomic mass is 16.5. The second-order valence-electron chi connectivity index (χ2n) is 6.41. The van der Waals surface area contributed by atoms with Crippen molar-refractivity contribution in [1.29, 1.82) is 0 Å². The molecule has 1 N–H and O–H groups in total. The first kappa shape index (κ1) is 12.9. The molecule has 0 radical (unpaired) electrons. The standard InChI is InChI=1S/C15H27NO2/c1-2-7-15(6-1)8-5-14(18-15)11-16-10-13-4-3-9-17-12-13/h13-14,16H,1-12H2. The molecule has 0 bridgehead atoms. The molecule has 1 spiro atoms. The molecule has 3 rings (SSSR count). The summed E-state index contributed by atoms with van der Waals surface area (Å²) in [6, 6.07) is 0. The Bertz CT molecular complexity index is 257. The molecule has 0 aromatic rings. The molecule has 3 nitrogen and oxygen atoms in total. The van der Waals surface area contributed by atoms with Gasteiger partial charge in [0, 0.05) is 19.7 Å².